The minimum absolute atomic E-state index is 0.0285. The summed E-state index contributed by atoms with van der Waals surface area (Å²) in [5.41, 5.74) is 6.97. The summed E-state index contributed by atoms with van der Waals surface area (Å²) < 4.78 is 18.3. The maximum Gasteiger partial charge on any atom is 0.274 e. The van der Waals surface area contributed by atoms with Crippen LogP contribution in [0.3, 0.4) is 0 Å². The number of aryl methyl sites for hydroxylation is 1. The number of carbonyl (C=O) groups is 1. The summed E-state index contributed by atoms with van der Waals surface area (Å²) >= 11 is 0. The lowest BCUT2D eigenvalue weighted by atomic mass is 10.2. The summed E-state index contributed by atoms with van der Waals surface area (Å²) in [5.74, 6) is -0.756. The van der Waals surface area contributed by atoms with Crippen LogP contribution in [-0.4, -0.2) is 25.8 Å². The molecular formula is C15H13FN6O2. The van der Waals surface area contributed by atoms with E-state index in [1.165, 1.54) is 30.8 Å². The molecule has 3 aromatic heterocycles. The molecule has 0 aliphatic rings. The molecule has 0 saturated carbocycles. The maximum absolute atomic E-state index is 13.1. The third kappa shape index (κ3) is 3.19. The Morgan fingerprint density at radius 2 is 2.17 bits per heavy atom. The number of hydrogen-bond acceptors (Lipinski definition) is 7. The molecular weight excluding hydrogens is 315 g/mol. The van der Waals surface area contributed by atoms with Crippen LogP contribution < -0.4 is 11.1 Å². The number of halogens is 1. The van der Waals surface area contributed by atoms with E-state index in [1.807, 2.05) is 0 Å². The lowest BCUT2D eigenvalue weighted by molar-refractivity contribution is 0.0946. The van der Waals surface area contributed by atoms with Gasteiger partial charge in [-0.2, -0.15) is 0 Å². The second-order valence-corrected chi connectivity index (χ2v) is 4.88. The van der Waals surface area contributed by atoms with Gasteiger partial charge in [-0.3, -0.25) is 9.78 Å². The van der Waals surface area contributed by atoms with Gasteiger partial charge in [-0.25, -0.2) is 19.3 Å². The number of anilines is 1. The van der Waals surface area contributed by atoms with E-state index in [0.29, 0.717) is 17.1 Å². The van der Waals surface area contributed by atoms with Gasteiger partial charge in [0, 0.05) is 6.20 Å². The Morgan fingerprint density at radius 3 is 2.88 bits per heavy atom. The molecule has 0 spiro atoms. The molecule has 0 aromatic carbocycles. The summed E-state index contributed by atoms with van der Waals surface area (Å²) in [6.07, 6.45) is 4.19. The van der Waals surface area contributed by atoms with Crippen molar-refractivity contribution >= 4 is 11.7 Å². The van der Waals surface area contributed by atoms with Crippen molar-refractivity contribution in [1.29, 1.82) is 0 Å². The Labute approximate surface area is 136 Å². The van der Waals surface area contributed by atoms with E-state index in [0.717, 1.165) is 0 Å². The Kier molecular flexibility index (Phi) is 4.15. The normalized spacial score (nSPS) is 10.6. The molecule has 24 heavy (non-hydrogen) atoms. The molecule has 1 amide bonds. The molecule has 0 saturated heterocycles. The van der Waals surface area contributed by atoms with Gasteiger partial charge in [-0.05, 0) is 19.1 Å². The molecule has 3 aromatic rings. The van der Waals surface area contributed by atoms with E-state index in [-0.39, 0.29) is 23.9 Å². The number of nitrogen functional groups attached to an aromatic ring is 1. The van der Waals surface area contributed by atoms with E-state index >= 15 is 0 Å². The largest absolute Gasteiger partial charge is 0.443 e. The molecule has 3 N–H and O–H groups in total. The van der Waals surface area contributed by atoms with Crippen molar-refractivity contribution in [3.05, 3.63) is 53.7 Å². The predicted molar refractivity (Wildman–Crippen MR) is 82.0 cm³/mol. The first kappa shape index (κ1) is 15.5. The van der Waals surface area contributed by atoms with Crippen LogP contribution in [0.5, 0.6) is 0 Å². The van der Waals surface area contributed by atoms with Crippen LogP contribution in [0, 0.1) is 12.7 Å². The number of nitrogens with zero attached hydrogens (tertiary/aromatic N) is 4. The molecule has 0 unspecified atom stereocenters. The third-order valence-corrected chi connectivity index (χ3v) is 3.16. The first-order valence-electron chi connectivity index (χ1n) is 6.97. The van der Waals surface area contributed by atoms with Gasteiger partial charge in [0.15, 0.2) is 11.5 Å². The smallest absolute Gasteiger partial charge is 0.274 e. The average Bonchev–Trinajstić information content (AvgIpc) is 3.08. The molecule has 3 rings (SSSR count). The van der Waals surface area contributed by atoms with Gasteiger partial charge in [0.05, 0.1) is 24.1 Å². The van der Waals surface area contributed by atoms with Crippen LogP contribution in [0.25, 0.3) is 11.6 Å². The number of rotatable bonds is 4. The van der Waals surface area contributed by atoms with Gasteiger partial charge < -0.3 is 15.5 Å². The fourth-order valence-corrected chi connectivity index (χ4v) is 2.04. The lowest BCUT2D eigenvalue weighted by Crippen LogP contribution is -2.26. The molecule has 122 valence electrons. The van der Waals surface area contributed by atoms with Gasteiger partial charge in [0.1, 0.15) is 17.8 Å². The van der Waals surface area contributed by atoms with Gasteiger partial charge in [-0.1, -0.05) is 0 Å². The summed E-state index contributed by atoms with van der Waals surface area (Å²) in [7, 11) is 0. The van der Waals surface area contributed by atoms with Gasteiger partial charge in [-0.15, -0.1) is 0 Å². The summed E-state index contributed by atoms with van der Waals surface area (Å²) in [5, 5.41) is 2.58. The zero-order chi connectivity index (χ0) is 17.1. The van der Waals surface area contributed by atoms with E-state index < -0.39 is 11.7 Å². The zero-order valence-electron chi connectivity index (χ0n) is 12.7. The maximum atomic E-state index is 13.1. The van der Waals surface area contributed by atoms with Gasteiger partial charge >= 0.3 is 0 Å². The van der Waals surface area contributed by atoms with E-state index in [1.54, 1.807) is 6.92 Å². The molecule has 0 atom stereocenters. The Morgan fingerprint density at radius 1 is 1.33 bits per heavy atom. The quantitative estimate of drug-likeness (QED) is 0.744. The Balaban J connectivity index is 1.79. The van der Waals surface area contributed by atoms with Crippen LogP contribution in [0.2, 0.25) is 0 Å². The van der Waals surface area contributed by atoms with Crippen molar-refractivity contribution in [1.82, 2.24) is 25.3 Å². The second-order valence-electron chi connectivity index (χ2n) is 4.88. The number of pyridine rings is 1. The molecule has 0 radical (unpaired) electrons. The minimum Gasteiger partial charge on any atom is -0.443 e. The standard InChI is InChI=1S/C15H13FN6O2/c1-8-11(15-19-4-5-24-15)22-13(17)12(21-8)14(23)20-7-10-6-9(16)2-3-18-10/h2-6H,7H2,1H3,(H2,17,22)(H,20,23). The molecule has 0 fully saturated rings. The summed E-state index contributed by atoms with van der Waals surface area (Å²) in [4.78, 5) is 28.4. The van der Waals surface area contributed by atoms with Crippen molar-refractivity contribution in [3.63, 3.8) is 0 Å². The molecule has 0 aliphatic carbocycles. The van der Waals surface area contributed by atoms with Crippen LogP contribution in [0.1, 0.15) is 21.9 Å². The zero-order valence-corrected chi connectivity index (χ0v) is 12.7. The van der Waals surface area contributed by atoms with Crippen LogP contribution >= 0.6 is 0 Å². The molecule has 3 heterocycles. The van der Waals surface area contributed by atoms with Crippen molar-refractivity contribution < 1.29 is 13.6 Å². The van der Waals surface area contributed by atoms with E-state index in [9.17, 15) is 9.18 Å². The number of oxazole rings is 1. The second kappa shape index (κ2) is 6.41. The topological polar surface area (TPSA) is 120 Å². The summed E-state index contributed by atoms with van der Waals surface area (Å²) in [6.45, 7) is 1.70. The number of aromatic nitrogens is 4. The number of carbonyl (C=O) groups excluding carboxylic acids is 1. The van der Waals surface area contributed by atoms with Gasteiger partial charge in [0.2, 0.25) is 5.89 Å². The monoisotopic (exact) mass is 328 g/mol. The minimum atomic E-state index is -0.534. The first-order chi connectivity index (χ1) is 11.5. The van der Waals surface area contributed by atoms with Crippen molar-refractivity contribution in [3.8, 4) is 11.6 Å². The Bertz CT molecular complexity index is 882. The van der Waals surface area contributed by atoms with Crippen LogP contribution in [-0.2, 0) is 6.54 Å². The number of hydrogen-bond donors (Lipinski definition) is 2. The van der Waals surface area contributed by atoms with Crippen molar-refractivity contribution in [2.75, 3.05) is 5.73 Å². The third-order valence-electron chi connectivity index (χ3n) is 3.16. The van der Waals surface area contributed by atoms with Crippen molar-refractivity contribution in [2.24, 2.45) is 0 Å². The number of amides is 1. The van der Waals surface area contributed by atoms with Crippen LogP contribution in [0.15, 0.2) is 35.2 Å². The fourth-order valence-electron chi connectivity index (χ4n) is 2.04. The number of nitrogens with two attached hydrogens (primary N) is 1. The molecule has 9 heteroatoms. The SMILES string of the molecule is Cc1nc(C(=O)NCc2cc(F)ccn2)c(N)nc1-c1ncco1. The fraction of sp³-hybridized carbons (Fsp3) is 0.133. The highest BCUT2D eigenvalue weighted by Crippen LogP contribution is 2.20. The molecule has 8 nitrogen and oxygen atoms in total. The lowest BCUT2D eigenvalue weighted by Gasteiger charge is -2.09. The van der Waals surface area contributed by atoms with Crippen molar-refractivity contribution in [2.45, 2.75) is 13.5 Å². The molecule has 0 aliphatic heterocycles. The van der Waals surface area contributed by atoms with E-state index in [4.69, 9.17) is 10.2 Å². The number of nitrogens with one attached hydrogen (secondary N) is 1. The summed E-state index contributed by atoms with van der Waals surface area (Å²) in [6, 6.07) is 2.45. The highest BCUT2D eigenvalue weighted by molar-refractivity contribution is 5.96. The first-order valence-corrected chi connectivity index (χ1v) is 6.97. The van der Waals surface area contributed by atoms with E-state index in [2.05, 4.69) is 25.3 Å². The highest BCUT2D eigenvalue weighted by atomic mass is 19.1. The Hall–Kier alpha value is -3.36. The average molecular weight is 328 g/mol. The molecule has 0 bridgehead atoms. The highest BCUT2D eigenvalue weighted by Gasteiger charge is 2.18. The predicted octanol–water partition coefficient (Wildman–Crippen LogP) is 1.49. The van der Waals surface area contributed by atoms with Gasteiger partial charge in [0.25, 0.3) is 5.91 Å². The van der Waals surface area contributed by atoms with Crippen LogP contribution in [0.4, 0.5) is 10.2 Å².